The maximum absolute atomic E-state index is 11.9. The molecule has 0 aliphatic carbocycles. The van der Waals surface area contributed by atoms with E-state index in [-0.39, 0.29) is 11.8 Å². The van der Waals surface area contributed by atoms with E-state index in [2.05, 4.69) is 5.32 Å². The highest BCUT2D eigenvalue weighted by Crippen LogP contribution is 2.13. The average molecular weight is 248 g/mol. The largest absolute Gasteiger partial charge is 0.381 e. The van der Waals surface area contributed by atoms with Crippen LogP contribution in [0.1, 0.15) is 24.0 Å². The third-order valence-corrected chi connectivity index (χ3v) is 3.22. The van der Waals surface area contributed by atoms with Crippen LogP contribution in [0.4, 0.5) is 0 Å². The summed E-state index contributed by atoms with van der Waals surface area (Å²) in [5.41, 5.74) is 7.76. The zero-order valence-corrected chi connectivity index (χ0v) is 10.5. The van der Waals surface area contributed by atoms with Gasteiger partial charge in [0.1, 0.15) is 0 Å². The van der Waals surface area contributed by atoms with Crippen LogP contribution in [0.2, 0.25) is 0 Å². The molecule has 1 atom stereocenters. The molecule has 1 saturated heterocycles. The molecule has 18 heavy (non-hydrogen) atoms. The van der Waals surface area contributed by atoms with Crippen LogP contribution in [0.3, 0.4) is 0 Å². The number of hydrogen-bond acceptors (Lipinski definition) is 3. The lowest BCUT2D eigenvalue weighted by Crippen LogP contribution is -2.35. The summed E-state index contributed by atoms with van der Waals surface area (Å²) >= 11 is 0. The number of carbonyl (C=O) groups is 1. The highest BCUT2D eigenvalue weighted by Gasteiger charge is 2.21. The Labute approximate surface area is 108 Å². The van der Waals surface area contributed by atoms with Crippen LogP contribution in [-0.4, -0.2) is 19.1 Å². The van der Waals surface area contributed by atoms with E-state index in [0.29, 0.717) is 19.7 Å². The van der Waals surface area contributed by atoms with Crippen molar-refractivity contribution in [2.75, 3.05) is 13.2 Å². The van der Waals surface area contributed by atoms with Gasteiger partial charge in [-0.2, -0.15) is 0 Å². The molecule has 2 rings (SSSR count). The van der Waals surface area contributed by atoms with Crippen LogP contribution in [0.5, 0.6) is 0 Å². The van der Waals surface area contributed by atoms with E-state index >= 15 is 0 Å². The maximum atomic E-state index is 11.9. The lowest BCUT2D eigenvalue weighted by molar-refractivity contribution is -0.129. The molecule has 1 amide bonds. The quantitative estimate of drug-likeness (QED) is 0.841. The van der Waals surface area contributed by atoms with E-state index in [9.17, 15) is 4.79 Å². The molecular formula is C14H20N2O2. The number of hydrogen-bond donors (Lipinski definition) is 2. The van der Waals surface area contributed by atoms with Crippen molar-refractivity contribution in [1.29, 1.82) is 0 Å². The predicted molar refractivity (Wildman–Crippen MR) is 69.7 cm³/mol. The van der Waals surface area contributed by atoms with Gasteiger partial charge in [0.25, 0.3) is 0 Å². The number of nitrogens with one attached hydrogen (secondary N) is 1. The number of carbonyl (C=O) groups excluding carboxylic acids is 1. The Morgan fingerprint density at radius 3 is 3.00 bits per heavy atom. The summed E-state index contributed by atoms with van der Waals surface area (Å²) in [7, 11) is 0. The Hall–Kier alpha value is -1.39. The molecule has 0 bridgehead atoms. The van der Waals surface area contributed by atoms with E-state index in [1.165, 1.54) is 0 Å². The van der Waals surface area contributed by atoms with E-state index in [4.69, 9.17) is 10.5 Å². The zero-order chi connectivity index (χ0) is 12.8. The monoisotopic (exact) mass is 248 g/mol. The molecular weight excluding hydrogens is 228 g/mol. The van der Waals surface area contributed by atoms with Gasteiger partial charge in [0.15, 0.2) is 0 Å². The number of amides is 1. The zero-order valence-electron chi connectivity index (χ0n) is 10.5. The molecule has 1 fully saturated rings. The van der Waals surface area contributed by atoms with Crippen molar-refractivity contribution in [3.8, 4) is 0 Å². The first kappa shape index (κ1) is 13.1. The molecule has 1 aromatic rings. The van der Waals surface area contributed by atoms with E-state index in [1.54, 1.807) is 0 Å². The molecule has 0 aromatic heterocycles. The van der Waals surface area contributed by atoms with Gasteiger partial charge in [-0.25, -0.2) is 0 Å². The smallest absolute Gasteiger partial charge is 0.225 e. The minimum absolute atomic E-state index is 0.0106. The summed E-state index contributed by atoms with van der Waals surface area (Å²) in [6.07, 6.45) is 1.90. The molecule has 1 unspecified atom stereocenters. The van der Waals surface area contributed by atoms with Gasteiger partial charge in [0, 0.05) is 19.7 Å². The summed E-state index contributed by atoms with van der Waals surface area (Å²) < 4.78 is 5.31. The molecule has 1 heterocycles. The average Bonchev–Trinajstić information content (AvgIpc) is 2.46. The summed E-state index contributed by atoms with van der Waals surface area (Å²) in [5.74, 6) is 0.101. The molecule has 1 aromatic carbocycles. The van der Waals surface area contributed by atoms with Gasteiger partial charge in [-0.05, 0) is 24.0 Å². The van der Waals surface area contributed by atoms with Gasteiger partial charge >= 0.3 is 0 Å². The Balaban J connectivity index is 1.84. The summed E-state index contributed by atoms with van der Waals surface area (Å²) in [4.78, 5) is 11.9. The van der Waals surface area contributed by atoms with Crippen LogP contribution in [0.25, 0.3) is 0 Å². The Kier molecular flexibility index (Phi) is 4.73. The van der Waals surface area contributed by atoms with Gasteiger partial charge in [0.05, 0.1) is 12.5 Å². The predicted octanol–water partition coefficient (Wildman–Crippen LogP) is 1.19. The standard InChI is InChI=1S/C14H20N2O2/c15-8-11-3-1-4-12(7-11)9-16-14(17)13-5-2-6-18-10-13/h1,3-4,7,13H,2,5-6,8-10,15H2,(H,16,17). The molecule has 98 valence electrons. The first-order valence-corrected chi connectivity index (χ1v) is 6.43. The topological polar surface area (TPSA) is 64.3 Å². The second-order valence-corrected chi connectivity index (χ2v) is 4.66. The van der Waals surface area contributed by atoms with Crippen LogP contribution in [0, 0.1) is 5.92 Å². The molecule has 1 aliphatic heterocycles. The Morgan fingerprint density at radius 1 is 1.44 bits per heavy atom. The maximum Gasteiger partial charge on any atom is 0.225 e. The molecule has 4 nitrogen and oxygen atoms in total. The second kappa shape index (κ2) is 6.52. The van der Waals surface area contributed by atoms with E-state index in [0.717, 1.165) is 30.6 Å². The summed E-state index contributed by atoms with van der Waals surface area (Å²) in [5, 5.41) is 2.96. The first-order valence-electron chi connectivity index (χ1n) is 6.43. The number of ether oxygens (including phenoxy) is 1. The first-order chi connectivity index (χ1) is 8.79. The highest BCUT2D eigenvalue weighted by atomic mass is 16.5. The van der Waals surface area contributed by atoms with Gasteiger partial charge in [-0.3, -0.25) is 4.79 Å². The van der Waals surface area contributed by atoms with Crippen LogP contribution in [-0.2, 0) is 22.6 Å². The van der Waals surface area contributed by atoms with Gasteiger partial charge in [-0.1, -0.05) is 24.3 Å². The fourth-order valence-corrected chi connectivity index (χ4v) is 2.15. The number of benzene rings is 1. The van der Waals surface area contributed by atoms with Crippen LogP contribution in [0.15, 0.2) is 24.3 Å². The van der Waals surface area contributed by atoms with Gasteiger partial charge in [-0.15, -0.1) is 0 Å². The fourth-order valence-electron chi connectivity index (χ4n) is 2.15. The third-order valence-electron chi connectivity index (χ3n) is 3.22. The molecule has 0 saturated carbocycles. The van der Waals surface area contributed by atoms with Crippen molar-refractivity contribution in [2.24, 2.45) is 11.7 Å². The van der Waals surface area contributed by atoms with Crippen molar-refractivity contribution in [1.82, 2.24) is 5.32 Å². The van der Waals surface area contributed by atoms with Crippen molar-refractivity contribution >= 4 is 5.91 Å². The summed E-state index contributed by atoms with van der Waals surface area (Å²) in [6, 6.07) is 7.97. The van der Waals surface area contributed by atoms with E-state index < -0.39 is 0 Å². The van der Waals surface area contributed by atoms with Crippen LogP contribution < -0.4 is 11.1 Å². The number of nitrogens with two attached hydrogens (primary N) is 1. The highest BCUT2D eigenvalue weighted by molar-refractivity contribution is 5.78. The van der Waals surface area contributed by atoms with Crippen molar-refractivity contribution in [3.63, 3.8) is 0 Å². The number of rotatable bonds is 4. The fraction of sp³-hybridized carbons (Fsp3) is 0.500. The Bertz CT molecular complexity index is 401. The van der Waals surface area contributed by atoms with E-state index in [1.807, 2.05) is 24.3 Å². The van der Waals surface area contributed by atoms with Gasteiger partial charge in [0.2, 0.25) is 5.91 Å². The SMILES string of the molecule is NCc1cccc(CNC(=O)C2CCCOC2)c1. The second-order valence-electron chi connectivity index (χ2n) is 4.66. The molecule has 3 N–H and O–H groups in total. The molecule has 0 spiro atoms. The molecule has 4 heteroatoms. The minimum atomic E-state index is 0.0106. The van der Waals surface area contributed by atoms with Crippen molar-refractivity contribution in [3.05, 3.63) is 35.4 Å². The van der Waals surface area contributed by atoms with Crippen molar-refractivity contribution < 1.29 is 9.53 Å². The molecule has 1 aliphatic rings. The Morgan fingerprint density at radius 2 is 2.28 bits per heavy atom. The lowest BCUT2D eigenvalue weighted by atomic mass is 10.0. The normalized spacial score (nSPS) is 19.5. The minimum Gasteiger partial charge on any atom is -0.381 e. The van der Waals surface area contributed by atoms with Crippen LogP contribution >= 0.6 is 0 Å². The summed E-state index contributed by atoms with van der Waals surface area (Å²) in [6.45, 7) is 2.42. The third kappa shape index (κ3) is 3.55. The van der Waals surface area contributed by atoms with Crippen molar-refractivity contribution in [2.45, 2.75) is 25.9 Å². The lowest BCUT2D eigenvalue weighted by Gasteiger charge is -2.21. The molecule has 0 radical (unpaired) electrons. The van der Waals surface area contributed by atoms with Gasteiger partial charge < -0.3 is 15.8 Å².